The van der Waals surface area contributed by atoms with Crippen molar-refractivity contribution in [3.05, 3.63) is 54.1 Å². The van der Waals surface area contributed by atoms with E-state index in [1.807, 2.05) is 24.3 Å². The van der Waals surface area contributed by atoms with Crippen molar-refractivity contribution in [2.75, 3.05) is 23.9 Å². The normalized spacial score (nSPS) is 16.8. The van der Waals surface area contributed by atoms with E-state index in [-0.39, 0.29) is 24.2 Å². The Morgan fingerprint density at radius 3 is 2.68 bits per heavy atom. The van der Waals surface area contributed by atoms with Crippen LogP contribution in [0.5, 0.6) is 5.75 Å². The summed E-state index contributed by atoms with van der Waals surface area (Å²) in [6, 6.07) is 15.1. The predicted octanol–water partition coefficient (Wildman–Crippen LogP) is 3.25. The molecule has 25 heavy (non-hydrogen) atoms. The minimum Gasteiger partial charge on any atom is -0.497 e. The predicted molar refractivity (Wildman–Crippen MR) is 97.9 cm³/mol. The highest BCUT2D eigenvalue weighted by Crippen LogP contribution is 2.27. The highest BCUT2D eigenvalue weighted by molar-refractivity contribution is 6.03. The molecular formula is C20H22N2O3. The monoisotopic (exact) mass is 338 g/mol. The van der Waals surface area contributed by atoms with E-state index in [4.69, 9.17) is 4.74 Å². The molecule has 0 radical (unpaired) electrons. The molecule has 1 unspecified atom stereocenters. The van der Waals surface area contributed by atoms with Gasteiger partial charge in [-0.05, 0) is 48.4 Å². The van der Waals surface area contributed by atoms with Crippen LogP contribution in [0, 0.1) is 5.92 Å². The average Bonchev–Trinajstić information content (AvgIpc) is 3.04. The number of nitrogens with zero attached hydrogens (tertiary/aromatic N) is 1. The van der Waals surface area contributed by atoms with Crippen LogP contribution in [0.1, 0.15) is 18.9 Å². The van der Waals surface area contributed by atoms with Crippen molar-refractivity contribution in [1.82, 2.24) is 0 Å². The van der Waals surface area contributed by atoms with Crippen LogP contribution in [0.2, 0.25) is 0 Å². The minimum atomic E-state index is -0.347. The van der Waals surface area contributed by atoms with Crippen LogP contribution in [0.3, 0.4) is 0 Å². The average molecular weight is 338 g/mol. The lowest BCUT2D eigenvalue weighted by molar-refractivity contribution is -0.122. The maximum absolute atomic E-state index is 12.5. The van der Waals surface area contributed by atoms with Crippen LogP contribution in [0.25, 0.3) is 0 Å². The van der Waals surface area contributed by atoms with Gasteiger partial charge in [0.1, 0.15) is 5.75 Å². The summed E-state index contributed by atoms with van der Waals surface area (Å²) < 4.78 is 5.11. The highest BCUT2D eigenvalue weighted by Gasteiger charge is 2.35. The first-order valence-corrected chi connectivity index (χ1v) is 8.45. The third kappa shape index (κ3) is 3.82. The van der Waals surface area contributed by atoms with Gasteiger partial charge < -0.3 is 15.0 Å². The molecule has 1 fully saturated rings. The van der Waals surface area contributed by atoms with Crippen molar-refractivity contribution >= 4 is 23.2 Å². The van der Waals surface area contributed by atoms with E-state index in [0.29, 0.717) is 12.2 Å². The van der Waals surface area contributed by atoms with E-state index >= 15 is 0 Å². The topological polar surface area (TPSA) is 58.6 Å². The molecule has 1 N–H and O–H groups in total. The molecule has 1 aliphatic heterocycles. The van der Waals surface area contributed by atoms with E-state index in [1.165, 1.54) is 5.56 Å². The standard InChI is InChI=1S/C20H22N2O3/c1-3-14-5-4-6-17(11-14)22-13-15(12-19(22)23)20(24)21-16-7-9-18(25-2)10-8-16/h4-11,15H,3,12-13H2,1-2H3,(H,21,24). The van der Waals surface area contributed by atoms with Crippen molar-refractivity contribution in [2.45, 2.75) is 19.8 Å². The Hall–Kier alpha value is -2.82. The largest absolute Gasteiger partial charge is 0.497 e. The van der Waals surface area contributed by atoms with Gasteiger partial charge in [-0.15, -0.1) is 0 Å². The van der Waals surface area contributed by atoms with Crippen molar-refractivity contribution in [3.8, 4) is 5.75 Å². The molecule has 2 aromatic rings. The molecule has 2 aromatic carbocycles. The molecule has 3 rings (SSSR count). The number of anilines is 2. The van der Waals surface area contributed by atoms with Gasteiger partial charge in [-0.3, -0.25) is 9.59 Å². The van der Waals surface area contributed by atoms with Gasteiger partial charge in [-0.25, -0.2) is 0 Å². The van der Waals surface area contributed by atoms with E-state index in [9.17, 15) is 9.59 Å². The molecule has 1 saturated heterocycles. The maximum atomic E-state index is 12.5. The van der Waals surface area contributed by atoms with Gasteiger partial charge in [0.2, 0.25) is 11.8 Å². The molecule has 1 aliphatic rings. The van der Waals surface area contributed by atoms with Crippen molar-refractivity contribution < 1.29 is 14.3 Å². The number of nitrogens with one attached hydrogen (secondary N) is 1. The van der Waals surface area contributed by atoms with Crippen molar-refractivity contribution in [2.24, 2.45) is 5.92 Å². The maximum Gasteiger partial charge on any atom is 0.229 e. The zero-order chi connectivity index (χ0) is 17.8. The summed E-state index contributed by atoms with van der Waals surface area (Å²) in [6.07, 6.45) is 1.15. The SMILES string of the molecule is CCc1cccc(N2CC(C(=O)Nc3ccc(OC)cc3)CC2=O)c1. The van der Waals surface area contributed by atoms with Crippen molar-refractivity contribution in [3.63, 3.8) is 0 Å². The second-order valence-corrected chi connectivity index (χ2v) is 6.15. The number of carbonyl (C=O) groups is 2. The number of carbonyl (C=O) groups excluding carboxylic acids is 2. The number of hydrogen-bond acceptors (Lipinski definition) is 3. The molecule has 1 heterocycles. The van der Waals surface area contributed by atoms with Gasteiger partial charge in [-0.2, -0.15) is 0 Å². The first-order valence-electron chi connectivity index (χ1n) is 8.45. The second kappa shape index (κ2) is 7.38. The summed E-state index contributed by atoms with van der Waals surface area (Å²) in [7, 11) is 1.60. The number of aryl methyl sites for hydroxylation is 1. The fourth-order valence-corrected chi connectivity index (χ4v) is 3.00. The fourth-order valence-electron chi connectivity index (χ4n) is 3.00. The first kappa shape index (κ1) is 17.0. The quantitative estimate of drug-likeness (QED) is 0.910. The van der Waals surface area contributed by atoms with Gasteiger partial charge in [0.15, 0.2) is 0 Å². The van der Waals surface area contributed by atoms with Crippen LogP contribution in [-0.2, 0) is 16.0 Å². The van der Waals surface area contributed by atoms with Gasteiger partial charge >= 0.3 is 0 Å². The molecule has 2 amide bonds. The second-order valence-electron chi connectivity index (χ2n) is 6.15. The molecule has 5 heteroatoms. The van der Waals surface area contributed by atoms with Gasteiger partial charge in [0.05, 0.1) is 13.0 Å². The molecule has 5 nitrogen and oxygen atoms in total. The number of benzene rings is 2. The zero-order valence-electron chi connectivity index (χ0n) is 14.5. The molecule has 1 atom stereocenters. The van der Waals surface area contributed by atoms with Crippen LogP contribution in [-0.4, -0.2) is 25.5 Å². The first-order chi connectivity index (χ1) is 12.1. The minimum absolute atomic E-state index is 0.0110. The highest BCUT2D eigenvalue weighted by atomic mass is 16.5. The third-order valence-corrected chi connectivity index (χ3v) is 4.48. The summed E-state index contributed by atoms with van der Waals surface area (Å²) >= 11 is 0. The number of hydrogen-bond donors (Lipinski definition) is 1. The smallest absolute Gasteiger partial charge is 0.229 e. The van der Waals surface area contributed by atoms with Gasteiger partial charge in [-0.1, -0.05) is 19.1 Å². The zero-order valence-corrected chi connectivity index (χ0v) is 14.5. The van der Waals surface area contributed by atoms with Crippen LogP contribution in [0.15, 0.2) is 48.5 Å². The lowest BCUT2D eigenvalue weighted by atomic mass is 10.1. The lowest BCUT2D eigenvalue weighted by Gasteiger charge is -2.17. The number of methoxy groups -OCH3 is 1. The van der Waals surface area contributed by atoms with E-state index in [2.05, 4.69) is 12.2 Å². The van der Waals surface area contributed by atoms with Crippen LogP contribution >= 0.6 is 0 Å². The van der Waals surface area contributed by atoms with E-state index in [0.717, 1.165) is 17.9 Å². The number of amides is 2. The summed E-state index contributed by atoms with van der Waals surface area (Å²) in [5.74, 6) is 0.242. The Morgan fingerprint density at radius 2 is 2.00 bits per heavy atom. The molecule has 130 valence electrons. The molecule has 0 bridgehead atoms. The molecular weight excluding hydrogens is 316 g/mol. The number of rotatable bonds is 5. The summed E-state index contributed by atoms with van der Waals surface area (Å²) in [5, 5.41) is 2.88. The van der Waals surface area contributed by atoms with E-state index in [1.54, 1.807) is 36.3 Å². The summed E-state index contributed by atoms with van der Waals surface area (Å²) in [4.78, 5) is 26.6. The van der Waals surface area contributed by atoms with Crippen LogP contribution in [0.4, 0.5) is 11.4 Å². The van der Waals surface area contributed by atoms with Gasteiger partial charge in [0, 0.05) is 24.3 Å². The fraction of sp³-hybridized carbons (Fsp3) is 0.300. The number of ether oxygens (including phenoxy) is 1. The molecule has 0 saturated carbocycles. The van der Waals surface area contributed by atoms with Crippen molar-refractivity contribution in [1.29, 1.82) is 0 Å². The summed E-state index contributed by atoms with van der Waals surface area (Å²) in [5.41, 5.74) is 2.74. The Labute approximate surface area is 147 Å². The molecule has 0 aromatic heterocycles. The Morgan fingerprint density at radius 1 is 1.24 bits per heavy atom. The van der Waals surface area contributed by atoms with Gasteiger partial charge in [0.25, 0.3) is 0 Å². The Kier molecular flexibility index (Phi) is 5.03. The van der Waals surface area contributed by atoms with E-state index < -0.39 is 0 Å². The third-order valence-electron chi connectivity index (χ3n) is 4.48. The summed E-state index contributed by atoms with van der Waals surface area (Å²) in [6.45, 7) is 2.49. The lowest BCUT2D eigenvalue weighted by Crippen LogP contribution is -2.28. The molecule has 0 spiro atoms. The molecule has 0 aliphatic carbocycles. The van der Waals surface area contributed by atoms with Crippen LogP contribution < -0.4 is 15.0 Å². The Bertz CT molecular complexity index is 771. The Balaban J connectivity index is 1.67.